The number of aromatic nitrogens is 3. The minimum Gasteiger partial charge on any atom is -0.393 e. The summed E-state index contributed by atoms with van der Waals surface area (Å²) in [6.45, 7) is 5.08. The summed E-state index contributed by atoms with van der Waals surface area (Å²) >= 11 is 0. The minimum atomic E-state index is -0.782. The molecule has 37 heavy (non-hydrogen) atoms. The number of rotatable bonds is 7. The van der Waals surface area contributed by atoms with Crippen molar-refractivity contribution in [3.05, 3.63) is 85.0 Å². The summed E-state index contributed by atoms with van der Waals surface area (Å²) in [5.41, 5.74) is 2.12. The van der Waals surface area contributed by atoms with Crippen molar-refractivity contribution in [1.29, 1.82) is 0 Å². The van der Waals surface area contributed by atoms with E-state index in [0.29, 0.717) is 41.1 Å². The van der Waals surface area contributed by atoms with Crippen LogP contribution in [-0.2, 0) is 15.1 Å². The van der Waals surface area contributed by atoms with Gasteiger partial charge in [-0.25, -0.2) is 14.4 Å². The molecule has 4 aromatic rings. The van der Waals surface area contributed by atoms with Crippen molar-refractivity contribution in [2.24, 2.45) is 0 Å². The van der Waals surface area contributed by atoms with Crippen LogP contribution in [0, 0.1) is 5.82 Å². The van der Waals surface area contributed by atoms with E-state index < -0.39 is 11.4 Å². The lowest BCUT2D eigenvalue weighted by atomic mass is 9.93. The van der Waals surface area contributed by atoms with Crippen molar-refractivity contribution in [1.82, 2.24) is 20.3 Å². The van der Waals surface area contributed by atoms with Gasteiger partial charge >= 0.3 is 0 Å². The van der Waals surface area contributed by atoms with E-state index in [1.54, 1.807) is 24.4 Å². The van der Waals surface area contributed by atoms with Crippen molar-refractivity contribution in [3.63, 3.8) is 0 Å². The quantitative estimate of drug-likeness (QED) is 0.285. The maximum absolute atomic E-state index is 15.1. The van der Waals surface area contributed by atoms with Crippen molar-refractivity contribution >= 4 is 34.1 Å². The molecular weight excluding hydrogens is 475 g/mol. The van der Waals surface area contributed by atoms with E-state index in [1.807, 2.05) is 24.3 Å². The van der Waals surface area contributed by atoms with Gasteiger partial charge in [-0.3, -0.25) is 9.78 Å². The summed E-state index contributed by atoms with van der Waals surface area (Å²) < 4.78 is 20.9. The molecule has 10 heteroatoms. The highest BCUT2D eigenvalue weighted by Crippen LogP contribution is 2.32. The molecule has 188 valence electrons. The molecule has 1 amide bonds. The predicted molar refractivity (Wildman–Crippen MR) is 139 cm³/mol. The molecule has 2 aromatic heterocycles. The number of nitrogens with zero attached hydrogens (tertiary/aromatic N) is 3. The number of nitrogens with one attached hydrogen (secondary N) is 3. The first-order chi connectivity index (χ1) is 18.0. The Kier molecular flexibility index (Phi) is 6.87. The number of hydrogen-bond donors (Lipinski definition) is 4. The number of aliphatic hydroxyl groups excluding tert-OH is 1. The summed E-state index contributed by atoms with van der Waals surface area (Å²) in [4.78, 5) is 24.9. The monoisotopic (exact) mass is 500 g/mol. The molecule has 1 aliphatic rings. The topological polar surface area (TPSA) is 121 Å². The van der Waals surface area contributed by atoms with E-state index >= 15 is 4.39 Å². The number of aliphatic hydroxyl groups is 1. The zero-order chi connectivity index (χ0) is 25.8. The highest BCUT2D eigenvalue weighted by Gasteiger charge is 2.34. The third-order valence-corrected chi connectivity index (χ3v) is 6.16. The fourth-order valence-electron chi connectivity index (χ4n) is 4.24. The second kappa shape index (κ2) is 10.4. The second-order valence-corrected chi connectivity index (χ2v) is 8.56. The maximum Gasteiger partial charge on any atom is 0.247 e. The standard InChI is InChI=1S/C27H25FN6O3/c1-2-23(36)32-20-9-10-30-22(13-20)24-21(28)8-3-17-14-31-26(34-25(17)24)33-19-6-4-18(5-7-19)27(16-35)15-29-11-12-37-27/h2-10,13-14,29,35H,1,11-12,15-16H2,(H,30,32,36)(H,31,33,34)/t27-/m0/s1. The van der Waals surface area contributed by atoms with Crippen LogP contribution >= 0.6 is 0 Å². The summed E-state index contributed by atoms with van der Waals surface area (Å²) in [7, 11) is 0. The number of morpholine rings is 1. The number of halogens is 1. The average Bonchev–Trinajstić information content (AvgIpc) is 2.93. The van der Waals surface area contributed by atoms with E-state index in [4.69, 9.17) is 4.74 Å². The molecule has 0 aliphatic carbocycles. The highest BCUT2D eigenvalue weighted by molar-refractivity contribution is 6.00. The SMILES string of the molecule is C=CC(=O)Nc1ccnc(-c2c(F)ccc3cnc(Nc4ccc([C@@]5(CO)CNCCO5)cc4)nc23)c1. The first kappa shape index (κ1) is 24.4. The number of pyridine rings is 1. The molecule has 1 aliphatic heterocycles. The smallest absolute Gasteiger partial charge is 0.247 e. The van der Waals surface area contributed by atoms with E-state index in [9.17, 15) is 9.90 Å². The van der Waals surface area contributed by atoms with Gasteiger partial charge in [0.2, 0.25) is 11.9 Å². The lowest BCUT2D eigenvalue weighted by Crippen LogP contribution is -2.49. The van der Waals surface area contributed by atoms with Gasteiger partial charge in [0.25, 0.3) is 0 Å². The number of fused-ring (bicyclic) bond motifs is 1. The van der Waals surface area contributed by atoms with Crippen LogP contribution in [0.5, 0.6) is 0 Å². The molecule has 0 bridgehead atoms. The molecule has 3 heterocycles. The van der Waals surface area contributed by atoms with Gasteiger partial charge in [0, 0.05) is 42.2 Å². The molecule has 0 radical (unpaired) electrons. The molecular formula is C27H25FN6O3. The fourth-order valence-corrected chi connectivity index (χ4v) is 4.24. The Morgan fingerprint density at radius 1 is 1.19 bits per heavy atom. The number of benzene rings is 2. The molecule has 1 atom stereocenters. The van der Waals surface area contributed by atoms with Gasteiger partial charge < -0.3 is 25.8 Å². The van der Waals surface area contributed by atoms with Crippen LogP contribution in [0.15, 0.2) is 73.6 Å². The summed E-state index contributed by atoms with van der Waals surface area (Å²) in [5.74, 6) is -0.612. The Morgan fingerprint density at radius 2 is 2.03 bits per heavy atom. The van der Waals surface area contributed by atoms with Gasteiger partial charge in [-0.1, -0.05) is 18.7 Å². The van der Waals surface area contributed by atoms with Gasteiger partial charge in [0.1, 0.15) is 11.4 Å². The van der Waals surface area contributed by atoms with Crippen molar-refractivity contribution in [3.8, 4) is 11.3 Å². The Hall–Kier alpha value is -4.25. The third kappa shape index (κ3) is 5.03. The Morgan fingerprint density at radius 3 is 2.76 bits per heavy atom. The first-order valence-electron chi connectivity index (χ1n) is 11.7. The zero-order valence-corrected chi connectivity index (χ0v) is 19.9. The van der Waals surface area contributed by atoms with Gasteiger partial charge in [-0.15, -0.1) is 0 Å². The fraction of sp³-hybridized carbons (Fsp3) is 0.185. The van der Waals surface area contributed by atoms with E-state index in [2.05, 4.69) is 37.5 Å². The van der Waals surface area contributed by atoms with Crippen molar-refractivity contribution in [2.45, 2.75) is 5.60 Å². The predicted octanol–water partition coefficient (Wildman–Crippen LogP) is 3.51. The Labute approximate surface area is 212 Å². The van der Waals surface area contributed by atoms with Crippen LogP contribution in [0.25, 0.3) is 22.2 Å². The molecule has 1 fully saturated rings. The van der Waals surface area contributed by atoms with Gasteiger partial charge in [0.15, 0.2) is 0 Å². The third-order valence-electron chi connectivity index (χ3n) is 6.16. The first-order valence-corrected chi connectivity index (χ1v) is 11.7. The lowest BCUT2D eigenvalue weighted by molar-refractivity contribution is -0.111. The number of ether oxygens (including phenoxy) is 1. The molecule has 0 spiro atoms. The van der Waals surface area contributed by atoms with Crippen LogP contribution in [-0.4, -0.2) is 52.3 Å². The summed E-state index contributed by atoms with van der Waals surface area (Å²) in [6, 6.07) is 13.6. The van der Waals surface area contributed by atoms with Gasteiger partial charge in [-0.05, 0) is 48.0 Å². The number of amides is 1. The number of hydrogen-bond acceptors (Lipinski definition) is 8. The maximum atomic E-state index is 15.1. The van der Waals surface area contributed by atoms with Crippen LogP contribution in [0.2, 0.25) is 0 Å². The largest absolute Gasteiger partial charge is 0.393 e. The average molecular weight is 501 g/mol. The van der Waals surface area contributed by atoms with Crippen molar-refractivity contribution < 1.29 is 19.0 Å². The van der Waals surface area contributed by atoms with Crippen LogP contribution < -0.4 is 16.0 Å². The molecule has 2 aromatic carbocycles. The van der Waals surface area contributed by atoms with Gasteiger partial charge in [0.05, 0.1) is 30.0 Å². The van der Waals surface area contributed by atoms with E-state index in [-0.39, 0.29) is 24.0 Å². The normalized spacial score (nSPS) is 17.4. The molecule has 5 rings (SSSR count). The Balaban J connectivity index is 1.46. The zero-order valence-electron chi connectivity index (χ0n) is 19.9. The van der Waals surface area contributed by atoms with Crippen LogP contribution in [0.4, 0.5) is 21.7 Å². The number of anilines is 3. The van der Waals surface area contributed by atoms with E-state index in [0.717, 1.165) is 18.2 Å². The summed E-state index contributed by atoms with van der Waals surface area (Å²) in [6.07, 6.45) is 4.24. The van der Waals surface area contributed by atoms with Crippen LogP contribution in [0.1, 0.15) is 5.56 Å². The number of carbonyl (C=O) groups excluding carboxylic acids is 1. The van der Waals surface area contributed by atoms with Crippen LogP contribution in [0.3, 0.4) is 0 Å². The minimum absolute atomic E-state index is 0.137. The highest BCUT2D eigenvalue weighted by atomic mass is 19.1. The second-order valence-electron chi connectivity index (χ2n) is 8.56. The molecule has 4 N–H and O–H groups in total. The van der Waals surface area contributed by atoms with E-state index in [1.165, 1.54) is 12.3 Å². The van der Waals surface area contributed by atoms with Crippen molar-refractivity contribution in [2.75, 3.05) is 36.9 Å². The molecule has 0 unspecified atom stereocenters. The molecule has 0 saturated carbocycles. The lowest BCUT2D eigenvalue weighted by Gasteiger charge is -2.36. The van der Waals surface area contributed by atoms with Gasteiger partial charge in [-0.2, -0.15) is 0 Å². The summed E-state index contributed by atoms with van der Waals surface area (Å²) in [5, 5.41) is 19.6. The molecule has 9 nitrogen and oxygen atoms in total. The Bertz CT molecular complexity index is 1450. The molecule has 1 saturated heterocycles. The number of carbonyl (C=O) groups is 1.